The Morgan fingerprint density at radius 1 is 1.10 bits per heavy atom. The van der Waals surface area contributed by atoms with Crippen molar-refractivity contribution in [2.24, 2.45) is 0 Å². The highest BCUT2D eigenvalue weighted by Gasteiger charge is 2.30. The minimum absolute atomic E-state index is 0.134. The number of halogens is 6. The molecule has 2 aromatic heterocycles. The molecule has 1 aromatic carbocycles. The molecule has 11 heteroatoms. The predicted octanol–water partition coefficient (Wildman–Crippen LogP) is 4.23. The Balaban J connectivity index is 1.75. The molecule has 0 saturated heterocycles. The maximum Gasteiger partial charge on any atom is 0.417 e. The third kappa shape index (κ3) is 4.70. The van der Waals surface area contributed by atoms with Gasteiger partial charge in [0.25, 0.3) is 5.56 Å². The van der Waals surface area contributed by atoms with Crippen LogP contribution in [0.1, 0.15) is 11.1 Å². The van der Waals surface area contributed by atoms with E-state index < -0.39 is 28.9 Å². The SMILES string of the molecule is O=c1c(Cl)c(NCCc2ccc(F)cc2F)cnn1-c1ccc(C(F)(F)F)cn1. The molecule has 0 radical (unpaired) electrons. The van der Waals surface area contributed by atoms with Gasteiger partial charge in [-0.2, -0.15) is 23.0 Å². The number of aromatic nitrogens is 3. The van der Waals surface area contributed by atoms with Crippen molar-refractivity contribution in [1.29, 1.82) is 0 Å². The van der Waals surface area contributed by atoms with E-state index in [9.17, 15) is 26.7 Å². The number of anilines is 1. The monoisotopic (exact) mass is 430 g/mol. The van der Waals surface area contributed by atoms with Crippen molar-refractivity contribution < 1.29 is 22.0 Å². The Kier molecular flexibility index (Phi) is 5.83. The summed E-state index contributed by atoms with van der Waals surface area (Å²) in [6, 6.07) is 4.97. The number of nitrogens with zero attached hydrogens (tertiary/aromatic N) is 3. The molecule has 0 bridgehead atoms. The van der Waals surface area contributed by atoms with Gasteiger partial charge in [0.2, 0.25) is 0 Å². The number of nitrogens with one attached hydrogen (secondary N) is 1. The molecule has 0 aliphatic rings. The molecule has 29 heavy (non-hydrogen) atoms. The lowest BCUT2D eigenvalue weighted by atomic mass is 10.1. The molecule has 1 N–H and O–H groups in total. The van der Waals surface area contributed by atoms with Gasteiger partial charge in [-0.25, -0.2) is 13.8 Å². The van der Waals surface area contributed by atoms with Crippen LogP contribution < -0.4 is 10.9 Å². The van der Waals surface area contributed by atoms with E-state index in [2.05, 4.69) is 15.4 Å². The fraction of sp³-hybridized carbons (Fsp3) is 0.167. The number of rotatable bonds is 5. The smallest absolute Gasteiger partial charge is 0.382 e. The molecule has 3 aromatic rings. The zero-order chi connectivity index (χ0) is 21.2. The zero-order valence-corrected chi connectivity index (χ0v) is 15.2. The summed E-state index contributed by atoms with van der Waals surface area (Å²) in [5, 5.41) is 6.40. The van der Waals surface area contributed by atoms with E-state index in [0.717, 1.165) is 28.9 Å². The molecule has 0 atom stereocenters. The topological polar surface area (TPSA) is 59.8 Å². The highest BCUT2D eigenvalue weighted by Crippen LogP contribution is 2.28. The molecule has 152 valence electrons. The lowest BCUT2D eigenvalue weighted by Crippen LogP contribution is -2.24. The van der Waals surface area contributed by atoms with Crippen LogP contribution in [0.3, 0.4) is 0 Å². The van der Waals surface area contributed by atoms with Gasteiger partial charge in [-0.15, -0.1) is 0 Å². The average Bonchev–Trinajstić information content (AvgIpc) is 2.66. The molecular formula is C18H12ClF5N4O. The van der Waals surface area contributed by atoms with Gasteiger partial charge in [-0.1, -0.05) is 17.7 Å². The second-order valence-corrected chi connectivity index (χ2v) is 6.28. The van der Waals surface area contributed by atoms with E-state index in [1.165, 1.54) is 12.3 Å². The van der Waals surface area contributed by atoms with E-state index in [1.807, 2.05) is 0 Å². The van der Waals surface area contributed by atoms with Gasteiger partial charge in [0.1, 0.15) is 16.7 Å². The lowest BCUT2D eigenvalue weighted by Gasteiger charge is -2.11. The summed E-state index contributed by atoms with van der Waals surface area (Å²) in [4.78, 5) is 16.0. The first-order valence-corrected chi connectivity index (χ1v) is 8.54. The molecule has 0 aliphatic heterocycles. The van der Waals surface area contributed by atoms with Crippen LogP contribution in [0, 0.1) is 11.6 Å². The van der Waals surface area contributed by atoms with Gasteiger partial charge >= 0.3 is 6.18 Å². The Morgan fingerprint density at radius 3 is 2.48 bits per heavy atom. The summed E-state index contributed by atoms with van der Waals surface area (Å²) >= 11 is 6.02. The van der Waals surface area contributed by atoms with Gasteiger partial charge in [0.15, 0.2) is 5.82 Å². The van der Waals surface area contributed by atoms with Crippen molar-refractivity contribution in [1.82, 2.24) is 14.8 Å². The zero-order valence-electron chi connectivity index (χ0n) is 14.5. The molecule has 0 amide bonds. The van der Waals surface area contributed by atoms with Crippen molar-refractivity contribution in [3.8, 4) is 5.82 Å². The normalized spacial score (nSPS) is 11.5. The lowest BCUT2D eigenvalue weighted by molar-refractivity contribution is -0.137. The molecule has 3 rings (SSSR count). The average molecular weight is 431 g/mol. The highest BCUT2D eigenvalue weighted by atomic mass is 35.5. The van der Waals surface area contributed by atoms with Gasteiger partial charge in [0, 0.05) is 18.8 Å². The minimum Gasteiger partial charge on any atom is -0.382 e. The Morgan fingerprint density at radius 2 is 1.86 bits per heavy atom. The summed E-state index contributed by atoms with van der Waals surface area (Å²) < 4.78 is 65.1. The van der Waals surface area contributed by atoms with Gasteiger partial charge in [0.05, 0.1) is 17.4 Å². The molecule has 0 fully saturated rings. The van der Waals surface area contributed by atoms with Crippen LogP contribution in [0.5, 0.6) is 0 Å². The number of hydrogen-bond donors (Lipinski definition) is 1. The van der Waals surface area contributed by atoms with Crippen LogP contribution in [-0.4, -0.2) is 21.3 Å². The number of hydrogen-bond acceptors (Lipinski definition) is 4. The number of pyridine rings is 1. The van der Waals surface area contributed by atoms with Crippen molar-refractivity contribution in [3.05, 3.63) is 80.9 Å². The van der Waals surface area contributed by atoms with E-state index in [1.54, 1.807) is 0 Å². The van der Waals surface area contributed by atoms with Crippen molar-refractivity contribution >= 4 is 17.3 Å². The quantitative estimate of drug-likeness (QED) is 0.615. The van der Waals surface area contributed by atoms with Crippen LogP contribution in [0.4, 0.5) is 27.6 Å². The number of benzene rings is 1. The molecular weight excluding hydrogens is 419 g/mol. The third-order valence-electron chi connectivity index (χ3n) is 3.94. The maximum atomic E-state index is 13.6. The number of alkyl halides is 3. The highest BCUT2D eigenvalue weighted by molar-refractivity contribution is 6.32. The van der Waals surface area contributed by atoms with Crippen LogP contribution >= 0.6 is 11.6 Å². The third-order valence-corrected chi connectivity index (χ3v) is 4.30. The van der Waals surface area contributed by atoms with E-state index in [0.29, 0.717) is 6.20 Å². The molecule has 0 saturated carbocycles. The fourth-order valence-electron chi connectivity index (χ4n) is 2.45. The molecule has 0 unspecified atom stereocenters. The summed E-state index contributed by atoms with van der Waals surface area (Å²) in [7, 11) is 0. The van der Waals surface area contributed by atoms with Crippen LogP contribution in [0.2, 0.25) is 5.02 Å². The van der Waals surface area contributed by atoms with Crippen molar-refractivity contribution in [2.75, 3.05) is 11.9 Å². The van der Waals surface area contributed by atoms with Gasteiger partial charge in [-0.05, 0) is 30.2 Å². The first kappa shape index (κ1) is 20.7. The first-order valence-electron chi connectivity index (χ1n) is 8.16. The van der Waals surface area contributed by atoms with E-state index in [-0.39, 0.29) is 35.1 Å². The molecule has 2 heterocycles. The predicted molar refractivity (Wildman–Crippen MR) is 96.2 cm³/mol. The van der Waals surface area contributed by atoms with E-state index in [4.69, 9.17) is 11.6 Å². The van der Waals surface area contributed by atoms with Crippen LogP contribution in [-0.2, 0) is 12.6 Å². The van der Waals surface area contributed by atoms with Crippen LogP contribution in [0.15, 0.2) is 47.5 Å². The second-order valence-electron chi connectivity index (χ2n) is 5.90. The minimum atomic E-state index is -4.56. The second kappa shape index (κ2) is 8.16. The maximum absolute atomic E-state index is 13.6. The first-order chi connectivity index (χ1) is 13.7. The Bertz CT molecular complexity index is 1080. The Labute approximate surface area is 165 Å². The molecule has 5 nitrogen and oxygen atoms in total. The molecule has 0 spiro atoms. The van der Waals surface area contributed by atoms with Crippen LogP contribution in [0.25, 0.3) is 5.82 Å². The van der Waals surface area contributed by atoms with Crippen molar-refractivity contribution in [3.63, 3.8) is 0 Å². The van der Waals surface area contributed by atoms with Gasteiger partial charge in [-0.3, -0.25) is 4.79 Å². The van der Waals surface area contributed by atoms with E-state index >= 15 is 0 Å². The summed E-state index contributed by atoms with van der Waals surface area (Å²) in [5.74, 6) is -1.52. The Hall–Kier alpha value is -3.01. The van der Waals surface area contributed by atoms with Gasteiger partial charge < -0.3 is 5.32 Å². The molecule has 0 aliphatic carbocycles. The summed E-state index contributed by atoms with van der Waals surface area (Å²) in [6.07, 6.45) is -2.59. The largest absolute Gasteiger partial charge is 0.417 e. The summed E-state index contributed by atoms with van der Waals surface area (Å²) in [6.45, 7) is 0.173. The summed E-state index contributed by atoms with van der Waals surface area (Å²) in [5.41, 5.74) is -1.34. The fourth-order valence-corrected chi connectivity index (χ4v) is 2.65. The standard InChI is InChI=1S/C18H12ClF5N4O/c19-16-14(25-6-5-10-1-3-12(20)7-13(10)21)9-27-28(17(16)29)15-4-2-11(8-26-15)18(22,23)24/h1-4,7-9,25H,5-6H2. The van der Waals surface area contributed by atoms with Crippen molar-refractivity contribution in [2.45, 2.75) is 12.6 Å².